The molecule has 1 N–H and O–H groups in total. The zero-order chi connectivity index (χ0) is 14.5. The van der Waals surface area contributed by atoms with Crippen LogP contribution < -0.4 is 10.1 Å². The summed E-state index contributed by atoms with van der Waals surface area (Å²) < 4.78 is 5.32. The van der Waals surface area contributed by atoms with E-state index in [1.807, 2.05) is 0 Å². The van der Waals surface area contributed by atoms with Gasteiger partial charge in [0.2, 0.25) is 0 Å². The van der Waals surface area contributed by atoms with Crippen molar-refractivity contribution in [3.63, 3.8) is 0 Å². The average molecular weight is 292 g/mol. The maximum absolute atomic E-state index is 10.9. The molecule has 1 aromatic heterocycles. The number of nitrogens with one attached hydrogen (secondary N) is 1. The molecule has 0 spiro atoms. The van der Waals surface area contributed by atoms with Crippen molar-refractivity contribution in [3.8, 4) is 5.75 Å². The van der Waals surface area contributed by atoms with Gasteiger partial charge in [-0.1, -0.05) is 0 Å². The summed E-state index contributed by atoms with van der Waals surface area (Å²) in [5.41, 5.74) is 3.27. The highest BCUT2D eigenvalue weighted by Gasteiger charge is 2.15. The third-order valence-corrected chi connectivity index (χ3v) is 3.81. The lowest BCUT2D eigenvalue weighted by Crippen LogP contribution is -2.02. The lowest BCUT2D eigenvalue weighted by atomic mass is 10.2. The van der Waals surface area contributed by atoms with Gasteiger partial charge < -0.3 is 10.1 Å². The van der Waals surface area contributed by atoms with Gasteiger partial charge >= 0.3 is 5.69 Å². The number of rotatable bonds is 6. The molecule has 0 amide bonds. The Bertz CT molecular complexity index is 610. The van der Waals surface area contributed by atoms with E-state index in [2.05, 4.69) is 23.0 Å². The molecule has 0 unspecified atom stereocenters. The predicted octanol–water partition coefficient (Wildman–Crippen LogP) is 3.98. The van der Waals surface area contributed by atoms with Crippen molar-refractivity contribution in [2.75, 3.05) is 11.9 Å². The van der Waals surface area contributed by atoms with Crippen molar-refractivity contribution in [1.29, 1.82) is 0 Å². The number of benzene rings is 1. The molecule has 106 valence electrons. The number of aryl methyl sites for hydroxylation is 1. The van der Waals surface area contributed by atoms with Crippen molar-refractivity contribution in [1.82, 2.24) is 0 Å². The fraction of sp³-hybridized carbons (Fsp3) is 0.286. The molecule has 0 aliphatic rings. The Morgan fingerprint density at radius 3 is 2.80 bits per heavy atom. The first-order chi connectivity index (χ1) is 9.61. The van der Waals surface area contributed by atoms with E-state index in [0.29, 0.717) is 18.9 Å². The maximum Gasteiger partial charge on any atom is 0.311 e. The van der Waals surface area contributed by atoms with Gasteiger partial charge in [0.1, 0.15) is 0 Å². The molecule has 0 aliphatic carbocycles. The minimum absolute atomic E-state index is 0.0101. The van der Waals surface area contributed by atoms with Crippen molar-refractivity contribution in [3.05, 3.63) is 50.2 Å². The Hall–Kier alpha value is -2.08. The highest BCUT2D eigenvalue weighted by atomic mass is 32.1. The summed E-state index contributed by atoms with van der Waals surface area (Å²) in [5.74, 6) is 0.296. The van der Waals surface area contributed by atoms with Crippen LogP contribution in [0, 0.1) is 17.0 Å². The van der Waals surface area contributed by atoms with E-state index in [0.717, 1.165) is 5.69 Å². The molecular formula is C14H16N2O3S. The van der Waals surface area contributed by atoms with Gasteiger partial charge in [0.05, 0.1) is 11.5 Å². The van der Waals surface area contributed by atoms with Crippen LogP contribution >= 0.6 is 11.3 Å². The van der Waals surface area contributed by atoms with E-state index in [4.69, 9.17) is 4.74 Å². The summed E-state index contributed by atoms with van der Waals surface area (Å²) in [6, 6.07) is 4.83. The van der Waals surface area contributed by atoms with Gasteiger partial charge in [-0.3, -0.25) is 10.1 Å². The van der Waals surface area contributed by atoms with Crippen LogP contribution in [0.3, 0.4) is 0 Å². The lowest BCUT2D eigenvalue weighted by Gasteiger charge is -2.09. The number of anilines is 1. The maximum atomic E-state index is 10.9. The number of ether oxygens (including phenoxy) is 1. The number of thiophene rings is 1. The first-order valence-electron chi connectivity index (χ1n) is 6.28. The molecule has 0 saturated heterocycles. The molecule has 0 saturated carbocycles. The topological polar surface area (TPSA) is 64.4 Å². The van der Waals surface area contributed by atoms with Gasteiger partial charge in [-0.2, -0.15) is 11.3 Å². The molecule has 0 radical (unpaired) electrons. The minimum Gasteiger partial charge on any atom is -0.487 e. The number of hydrogen-bond donors (Lipinski definition) is 1. The third-order valence-electron chi connectivity index (χ3n) is 2.90. The fourth-order valence-electron chi connectivity index (χ4n) is 1.81. The summed E-state index contributed by atoms with van der Waals surface area (Å²) in [7, 11) is 0. The monoisotopic (exact) mass is 292 g/mol. The second-order valence-electron chi connectivity index (χ2n) is 4.31. The van der Waals surface area contributed by atoms with E-state index in [9.17, 15) is 10.1 Å². The van der Waals surface area contributed by atoms with E-state index in [1.54, 1.807) is 30.4 Å². The molecule has 5 nitrogen and oxygen atoms in total. The third kappa shape index (κ3) is 3.27. The van der Waals surface area contributed by atoms with Gasteiger partial charge in [-0.05, 0) is 41.8 Å². The van der Waals surface area contributed by atoms with Crippen LogP contribution in [-0.2, 0) is 6.54 Å². The van der Waals surface area contributed by atoms with Crippen molar-refractivity contribution < 1.29 is 9.66 Å². The molecule has 2 aromatic rings. The molecule has 0 bridgehead atoms. The Morgan fingerprint density at radius 1 is 1.40 bits per heavy atom. The van der Waals surface area contributed by atoms with Gasteiger partial charge in [-0.15, -0.1) is 0 Å². The summed E-state index contributed by atoms with van der Waals surface area (Å²) in [4.78, 5) is 10.5. The van der Waals surface area contributed by atoms with Crippen molar-refractivity contribution >= 4 is 22.7 Å². The van der Waals surface area contributed by atoms with Crippen LogP contribution in [0.4, 0.5) is 11.4 Å². The van der Waals surface area contributed by atoms with Gasteiger partial charge in [0.15, 0.2) is 5.75 Å². The average Bonchev–Trinajstić information content (AvgIpc) is 2.82. The molecule has 0 atom stereocenters. The van der Waals surface area contributed by atoms with Crippen molar-refractivity contribution in [2.45, 2.75) is 20.4 Å². The van der Waals surface area contributed by atoms with Crippen LogP contribution in [0.25, 0.3) is 0 Å². The first-order valence-corrected chi connectivity index (χ1v) is 7.23. The summed E-state index contributed by atoms with van der Waals surface area (Å²) in [6.45, 7) is 4.96. The molecule has 1 aromatic carbocycles. The van der Waals surface area contributed by atoms with Crippen LogP contribution in [0.2, 0.25) is 0 Å². The second kappa shape index (κ2) is 6.38. The summed E-state index contributed by atoms with van der Waals surface area (Å²) in [6.07, 6.45) is 0. The van der Waals surface area contributed by atoms with Crippen molar-refractivity contribution in [2.24, 2.45) is 0 Å². The number of nitrogens with zero attached hydrogens (tertiary/aromatic N) is 1. The quantitative estimate of drug-likeness (QED) is 0.646. The molecule has 20 heavy (non-hydrogen) atoms. The molecule has 6 heteroatoms. The lowest BCUT2D eigenvalue weighted by molar-refractivity contribution is -0.385. The minimum atomic E-state index is -0.433. The van der Waals surface area contributed by atoms with E-state index in [1.165, 1.54) is 17.2 Å². The Morgan fingerprint density at radius 2 is 2.20 bits per heavy atom. The normalized spacial score (nSPS) is 10.3. The zero-order valence-electron chi connectivity index (χ0n) is 11.4. The van der Waals surface area contributed by atoms with E-state index >= 15 is 0 Å². The standard InChI is InChI=1S/C14H16N2O3S/c1-3-19-14-6-12(4-5-13(14)16(17)18)15-7-11-9-20-8-10(11)2/h4-6,8-9,15H,3,7H2,1-2H3. The molecule has 0 aliphatic heterocycles. The van der Waals surface area contributed by atoms with E-state index in [-0.39, 0.29) is 5.69 Å². The van der Waals surface area contributed by atoms with Crippen LogP contribution in [0.15, 0.2) is 29.0 Å². The molecule has 1 heterocycles. The number of hydrogen-bond acceptors (Lipinski definition) is 5. The Labute approximate surface area is 121 Å². The van der Waals surface area contributed by atoms with Crippen LogP contribution in [0.1, 0.15) is 18.1 Å². The molecule has 0 fully saturated rings. The van der Waals surface area contributed by atoms with Gasteiger partial charge in [-0.25, -0.2) is 0 Å². The smallest absolute Gasteiger partial charge is 0.311 e. The number of nitro benzene ring substituents is 1. The van der Waals surface area contributed by atoms with E-state index < -0.39 is 4.92 Å². The zero-order valence-corrected chi connectivity index (χ0v) is 12.2. The Kier molecular flexibility index (Phi) is 4.57. The predicted molar refractivity (Wildman–Crippen MR) is 80.6 cm³/mol. The van der Waals surface area contributed by atoms with Crippen LogP contribution in [0.5, 0.6) is 5.75 Å². The highest BCUT2D eigenvalue weighted by Crippen LogP contribution is 2.30. The van der Waals surface area contributed by atoms with Crippen LogP contribution in [-0.4, -0.2) is 11.5 Å². The summed E-state index contributed by atoms with van der Waals surface area (Å²) in [5, 5.41) is 18.4. The second-order valence-corrected chi connectivity index (χ2v) is 5.05. The number of nitro groups is 1. The van der Waals surface area contributed by atoms with Gasteiger partial charge in [0.25, 0.3) is 0 Å². The molecule has 2 rings (SSSR count). The molecular weight excluding hydrogens is 276 g/mol. The fourth-order valence-corrected chi connectivity index (χ4v) is 2.67. The SMILES string of the molecule is CCOc1cc(NCc2cscc2C)ccc1[N+](=O)[O-]. The largest absolute Gasteiger partial charge is 0.487 e. The summed E-state index contributed by atoms with van der Waals surface area (Å²) >= 11 is 1.66. The van der Waals surface area contributed by atoms with Gasteiger partial charge in [0, 0.05) is 24.4 Å². The highest BCUT2D eigenvalue weighted by molar-refractivity contribution is 7.08. The Balaban J connectivity index is 2.14. The first kappa shape index (κ1) is 14.3.